The molecule has 0 fully saturated rings. The molecule has 124 valence electrons. The molecule has 2 N–H and O–H groups in total. The van der Waals surface area contributed by atoms with Crippen LogP contribution < -0.4 is 10.6 Å². The summed E-state index contributed by atoms with van der Waals surface area (Å²) in [6.45, 7) is 4.09. The first-order valence-corrected chi connectivity index (χ1v) is 8.32. The molecule has 1 unspecified atom stereocenters. The predicted molar refractivity (Wildman–Crippen MR) is 96.5 cm³/mol. The van der Waals surface area contributed by atoms with Crippen molar-refractivity contribution in [3.05, 3.63) is 35.9 Å². The Bertz CT molecular complexity index is 414. The zero-order valence-corrected chi connectivity index (χ0v) is 14.6. The number of hydrogen-bond donors (Lipinski definition) is 2. The topological polar surface area (TPSA) is 39.7 Å². The molecule has 4 nitrogen and oxygen atoms in total. The average Bonchev–Trinajstić information content (AvgIpc) is 2.53. The van der Waals surface area contributed by atoms with Crippen LogP contribution in [0.4, 0.5) is 0 Å². The highest BCUT2D eigenvalue weighted by atomic mass is 15.2. The summed E-state index contributed by atoms with van der Waals surface area (Å²) >= 11 is 0. The van der Waals surface area contributed by atoms with Gasteiger partial charge in [0.15, 0.2) is 5.96 Å². The highest BCUT2D eigenvalue weighted by Crippen LogP contribution is 2.06. The van der Waals surface area contributed by atoms with Crippen molar-refractivity contribution < 1.29 is 0 Å². The van der Waals surface area contributed by atoms with E-state index in [9.17, 15) is 0 Å². The van der Waals surface area contributed by atoms with Crippen LogP contribution >= 0.6 is 0 Å². The van der Waals surface area contributed by atoms with Gasteiger partial charge in [-0.25, -0.2) is 0 Å². The molecule has 0 saturated heterocycles. The van der Waals surface area contributed by atoms with Gasteiger partial charge >= 0.3 is 0 Å². The lowest BCUT2D eigenvalue weighted by molar-refractivity contribution is 0.290. The lowest BCUT2D eigenvalue weighted by atomic mass is 10.1. The molecule has 0 aliphatic carbocycles. The number of guanidine groups is 1. The van der Waals surface area contributed by atoms with Crippen LogP contribution in [0.1, 0.15) is 31.7 Å². The standard InChI is InChI=1S/C18H32N4/c1-5-6-10-13-20-18(19-2)21-15-17(22(3)4)14-16-11-8-7-9-12-16/h7-9,11-12,17H,5-6,10,13-15H2,1-4H3,(H2,19,20,21). The van der Waals surface area contributed by atoms with E-state index in [-0.39, 0.29) is 0 Å². The average molecular weight is 304 g/mol. The smallest absolute Gasteiger partial charge is 0.191 e. The second-order valence-electron chi connectivity index (χ2n) is 5.89. The third-order valence-electron chi connectivity index (χ3n) is 3.85. The summed E-state index contributed by atoms with van der Waals surface area (Å²) in [6, 6.07) is 11.1. The molecule has 0 aliphatic heterocycles. The molecule has 0 aliphatic rings. The number of aliphatic imine (C=N–C) groups is 1. The Morgan fingerprint density at radius 2 is 1.86 bits per heavy atom. The zero-order valence-electron chi connectivity index (χ0n) is 14.6. The molecular weight excluding hydrogens is 272 g/mol. The molecule has 0 heterocycles. The van der Waals surface area contributed by atoms with Gasteiger partial charge < -0.3 is 15.5 Å². The Hall–Kier alpha value is -1.55. The number of nitrogens with zero attached hydrogens (tertiary/aromatic N) is 2. The van der Waals surface area contributed by atoms with Crippen LogP contribution in [0.15, 0.2) is 35.3 Å². The van der Waals surface area contributed by atoms with Crippen molar-refractivity contribution in [3.8, 4) is 0 Å². The minimum Gasteiger partial charge on any atom is -0.356 e. The van der Waals surface area contributed by atoms with E-state index in [1.807, 2.05) is 7.05 Å². The van der Waals surface area contributed by atoms with Gasteiger partial charge in [0, 0.05) is 26.2 Å². The number of unbranched alkanes of at least 4 members (excludes halogenated alkanes) is 2. The van der Waals surface area contributed by atoms with Crippen molar-refractivity contribution in [2.24, 2.45) is 4.99 Å². The lowest BCUT2D eigenvalue weighted by Gasteiger charge is -2.25. The molecule has 1 atom stereocenters. The van der Waals surface area contributed by atoms with Gasteiger partial charge in [0.25, 0.3) is 0 Å². The van der Waals surface area contributed by atoms with E-state index in [0.717, 1.165) is 25.5 Å². The maximum Gasteiger partial charge on any atom is 0.191 e. The largest absolute Gasteiger partial charge is 0.356 e. The maximum absolute atomic E-state index is 4.30. The maximum atomic E-state index is 4.30. The summed E-state index contributed by atoms with van der Waals surface area (Å²) in [5.74, 6) is 0.899. The van der Waals surface area contributed by atoms with Gasteiger partial charge in [-0.1, -0.05) is 50.1 Å². The summed E-state index contributed by atoms with van der Waals surface area (Å²) in [6.07, 6.45) is 4.73. The van der Waals surface area contributed by atoms with Gasteiger partial charge in [-0.2, -0.15) is 0 Å². The molecule has 0 saturated carbocycles. The number of likely N-dealkylation sites (N-methyl/N-ethyl adjacent to an activating group) is 1. The third kappa shape index (κ3) is 7.46. The Balaban J connectivity index is 2.42. The van der Waals surface area contributed by atoms with E-state index in [2.05, 4.69) is 71.9 Å². The fourth-order valence-corrected chi connectivity index (χ4v) is 2.34. The summed E-state index contributed by atoms with van der Waals surface area (Å²) < 4.78 is 0. The molecule has 4 heteroatoms. The molecule has 0 spiro atoms. The van der Waals surface area contributed by atoms with Gasteiger partial charge in [-0.15, -0.1) is 0 Å². The Kier molecular flexibility index (Phi) is 9.31. The quantitative estimate of drug-likeness (QED) is 0.418. The van der Waals surface area contributed by atoms with E-state index in [1.165, 1.54) is 24.8 Å². The fourth-order valence-electron chi connectivity index (χ4n) is 2.34. The van der Waals surface area contributed by atoms with Gasteiger partial charge in [-0.3, -0.25) is 4.99 Å². The van der Waals surface area contributed by atoms with Crippen LogP contribution in [0.5, 0.6) is 0 Å². The number of rotatable bonds is 9. The van der Waals surface area contributed by atoms with Crippen LogP contribution in [0.2, 0.25) is 0 Å². The van der Waals surface area contributed by atoms with Crippen LogP contribution in [0, 0.1) is 0 Å². The minimum absolute atomic E-state index is 0.441. The van der Waals surface area contributed by atoms with E-state index in [0.29, 0.717) is 6.04 Å². The van der Waals surface area contributed by atoms with E-state index >= 15 is 0 Å². The normalized spacial score (nSPS) is 13.2. The van der Waals surface area contributed by atoms with Crippen molar-refractivity contribution in [2.45, 2.75) is 38.6 Å². The van der Waals surface area contributed by atoms with Gasteiger partial charge in [0.05, 0.1) is 0 Å². The summed E-state index contributed by atoms with van der Waals surface area (Å²) in [5.41, 5.74) is 1.37. The highest BCUT2D eigenvalue weighted by Gasteiger charge is 2.12. The summed E-state index contributed by atoms with van der Waals surface area (Å²) in [4.78, 5) is 6.57. The number of hydrogen-bond acceptors (Lipinski definition) is 2. The van der Waals surface area contributed by atoms with Crippen molar-refractivity contribution >= 4 is 5.96 Å². The molecular formula is C18H32N4. The second-order valence-corrected chi connectivity index (χ2v) is 5.89. The molecule has 1 aromatic rings. The Morgan fingerprint density at radius 3 is 2.45 bits per heavy atom. The fraction of sp³-hybridized carbons (Fsp3) is 0.611. The number of benzene rings is 1. The molecule has 22 heavy (non-hydrogen) atoms. The van der Waals surface area contributed by atoms with Crippen LogP contribution in [0.25, 0.3) is 0 Å². The monoisotopic (exact) mass is 304 g/mol. The predicted octanol–water partition coefficient (Wildman–Crippen LogP) is 2.51. The highest BCUT2D eigenvalue weighted by molar-refractivity contribution is 5.79. The van der Waals surface area contributed by atoms with Crippen molar-refractivity contribution in [3.63, 3.8) is 0 Å². The van der Waals surface area contributed by atoms with E-state index in [4.69, 9.17) is 0 Å². The summed E-state index contributed by atoms with van der Waals surface area (Å²) in [7, 11) is 6.09. The van der Waals surface area contributed by atoms with Gasteiger partial charge in [0.2, 0.25) is 0 Å². The van der Waals surface area contributed by atoms with Crippen molar-refractivity contribution in [1.29, 1.82) is 0 Å². The van der Waals surface area contributed by atoms with Crippen molar-refractivity contribution in [1.82, 2.24) is 15.5 Å². The molecule has 0 amide bonds. The second kappa shape index (κ2) is 11.1. The molecule has 1 rings (SSSR count). The Labute approximate surface area is 136 Å². The van der Waals surface area contributed by atoms with Crippen LogP contribution in [-0.2, 0) is 6.42 Å². The first-order chi connectivity index (χ1) is 10.7. The SMILES string of the molecule is CCCCCNC(=NC)NCC(Cc1ccccc1)N(C)C. The van der Waals surface area contributed by atoms with Crippen LogP contribution in [-0.4, -0.2) is 51.1 Å². The van der Waals surface area contributed by atoms with Gasteiger partial charge in [0.1, 0.15) is 0 Å². The van der Waals surface area contributed by atoms with Crippen LogP contribution in [0.3, 0.4) is 0 Å². The van der Waals surface area contributed by atoms with Crippen molar-refractivity contribution in [2.75, 3.05) is 34.2 Å². The zero-order chi connectivity index (χ0) is 16.2. The molecule has 0 radical (unpaired) electrons. The molecule has 0 bridgehead atoms. The lowest BCUT2D eigenvalue weighted by Crippen LogP contribution is -2.46. The molecule has 1 aromatic carbocycles. The molecule has 0 aromatic heterocycles. The number of nitrogens with one attached hydrogen (secondary N) is 2. The third-order valence-corrected chi connectivity index (χ3v) is 3.85. The van der Waals surface area contributed by atoms with E-state index < -0.39 is 0 Å². The Morgan fingerprint density at radius 1 is 1.14 bits per heavy atom. The van der Waals surface area contributed by atoms with Gasteiger partial charge in [-0.05, 0) is 32.5 Å². The minimum atomic E-state index is 0.441. The van der Waals surface area contributed by atoms with E-state index in [1.54, 1.807) is 0 Å². The first kappa shape index (κ1) is 18.5. The summed E-state index contributed by atoms with van der Waals surface area (Å²) in [5, 5.41) is 6.83. The first-order valence-electron chi connectivity index (χ1n) is 8.32.